The molecule has 3 heterocycles. The summed E-state index contributed by atoms with van der Waals surface area (Å²) in [6, 6.07) is 4.82. The summed E-state index contributed by atoms with van der Waals surface area (Å²) >= 11 is 1.34. The van der Waals surface area contributed by atoms with Gasteiger partial charge in [-0.1, -0.05) is 0 Å². The summed E-state index contributed by atoms with van der Waals surface area (Å²) in [5.74, 6) is -0.185. The molecule has 0 aliphatic carbocycles. The summed E-state index contributed by atoms with van der Waals surface area (Å²) in [6.45, 7) is 0.268. The van der Waals surface area contributed by atoms with E-state index < -0.39 is 0 Å². The molecule has 10 heteroatoms. The average molecular weight is 445 g/mol. The highest BCUT2D eigenvalue weighted by Gasteiger charge is 2.39. The van der Waals surface area contributed by atoms with Gasteiger partial charge in [-0.05, 0) is 31.0 Å². The largest absolute Gasteiger partial charge is 0.490 e. The summed E-state index contributed by atoms with van der Waals surface area (Å²) in [6.07, 6.45) is 1.16. The Bertz CT molecular complexity index is 980. The quantitative estimate of drug-likeness (QED) is 0.746. The summed E-state index contributed by atoms with van der Waals surface area (Å²) in [5, 5.41) is 7.04. The minimum absolute atomic E-state index is 0.0720. The van der Waals surface area contributed by atoms with Crippen molar-refractivity contribution in [1.29, 1.82) is 0 Å². The molecule has 2 aliphatic rings. The highest BCUT2D eigenvalue weighted by Crippen LogP contribution is 2.32. The lowest BCUT2D eigenvalue weighted by molar-refractivity contribution is -0.133. The van der Waals surface area contributed by atoms with Crippen LogP contribution in [0.1, 0.15) is 40.1 Å². The Morgan fingerprint density at radius 3 is 2.90 bits per heavy atom. The van der Waals surface area contributed by atoms with Crippen molar-refractivity contribution < 1.29 is 23.9 Å². The third-order valence-corrected chi connectivity index (χ3v) is 6.21. The van der Waals surface area contributed by atoms with E-state index in [1.807, 2.05) is 0 Å². The van der Waals surface area contributed by atoms with Crippen molar-refractivity contribution in [3.63, 3.8) is 0 Å². The molecule has 0 bridgehead atoms. The number of anilines is 1. The van der Waals surface area contributed by atoms with Crippen LogP contribution in [-0.4, -0.2) is 66.6 Å². The van der Waals surface area contributed by atoms with Crippen molar-refractivity contribution in [2.45, 2.75) is 37.5 Å². The first-order chi connectivity index (χ1) is 15.0. The Labute approximate surface area is 183 Å². The molecule has 9 nitrogen and oxygen atoms in total. The first-order valence-electron chi connectivity index (χ1n) is 10.1. The number of hydrogen-bond donors (Lipinski definition) is 2. The van der Waals surface area contributed by atoms with Gasteiger partial charge >= 0.3 is 0 Å². The van der Waals surface area contributed by atoms with Gasteiger partial charge in [-0.2, -0.15) is 0 Å². The number of fused-ring (bicyclic) bond motifs is 2. The van der Waals surface area contributed by atoms with Gasteiger partial charge in [0.15, 0.2) is 0 Å². The number of nitrogens with zero attached hydrogens (tertiary/aromatic N) is 2. The maximum atomic E-state index is 13.2. The van der Waals surface area contributed by atoms with Crippen LogP contribution in [0.2, 0.25) is 0 Å². The van der Waals surface area contributed by atoms with Crippen LogP contribution >= 0.6 is 11.3 Å². The predicted molar refractivity (Wildman–Crippen MR) is 114 cm³/mol. The molecule has 2 aliphatic heterocycles. The van der Waals surface area contributed by atoms with Crippen LogP contribution in [0.25, 0.3) is 0 Å². The van der Waals surface area contributed by atoms with Gasteiger partial charge in [-0.25, -0.2) is 4.98 Å². The van der Waals surface area contributed by atoms with Gasteiger partial charge < -0.3 is 25.0 Å². The molecule has 2 aromatic rings. The van der Waals surface area contributed by atoms with Crippen molar-refractivity contribution in [1.82, 2.24) is 15.2 Å². The molecule has 1 aromatic heterocycles. The summed E-state index contributed by atoms with van der Waals surface area (Å²) in [7, 11) is 3.35. The van der Waals surface area contributed by atoms with Crippen molar-refractivity contribution in [3.05, 3.63) is 40.3 Å². The Kier molecular flexibility index (Phi) is 6.19. The number of amides is 3. The van der Waals surface area contributed by atoms with E-state index in [1.54, 1.807) is 48.1 Å². The molecular weight excluding hydrogens is 420 g/mol. The van der Waals surface area contributed by atoms with E-state index in [9.17, 15) is 14.4 Å². The van der Waals surface area contributed by atoms with Gasteiger partial charge in [0.05, 0.1) is 29.6 Å². The number of carbonyl (C=O) groups excluding carboxylic acids is 3. The number of likely N-dealkylation sites (N-methyl/N-ethyl adjacent to an activating group) is 1. The number of benzene rings is 1. The number of rotatable bonds is 4. The molecule has 3 atom stereocenters. The van der Waals surface area contributed by atoms with Gasteiger partial charge in [0.25, 0.3) is 11.8 Å². The average Bonchev–Trinajstić information content (AvgIpc) is 3.32. The highest BCUT2D eigenvalue weighted by atomic mass is 32.1. The molecule has 4 rings (SSSR count). The fourth-order valence-electron chi connectivity index (χ4n) is 3.93. The zero-order valence-electron chi connectivity index (χ0n) is 17.3. The third kappa shape index (κ3) is 4.54. The lowest BCUT2D eigenvalue weighted by atomic mass is 9.94. The topological polar surface area (TPSA) is 110 Å². The van der Waals surface area contributed by atoms with Crippen LogP contribution in [0, 0.1) is 0 Å². The lowest BCUT2D eigenvalue weighted by Crippen LogP contribution is -2.53. The number of carbonyl (C=O) groups is 3. The molecule has 31 heavy (non-hydrogen) atoms. The van der Waals surface area contributed by atoms with E-state index in [-0.39, 0.29) is 49.0 Å². The number of nitrogens with one attached hydrogen (secondary N) is 2. The monoisotopic (exact) mass is 444 g/mol. The van der Waals surface area contributed by atoms with E-state index in [0.29, 0.717) is 35.5 Å². The van der Waals surface area contributed by atoms with E-state index in [1.165, 1.54) is 11.3 Å². The van der Waals surface area contributed by atoms with E-state index in [0.717, 1.165) is 0 Å². The van der Waals surface area contributed by atoms with Crippen LogP contribution in [0.15, 0.2) is 29.1 Å². The smallest absolute Gasteiger partial charge is 0.275 e. The second-order valence-electron chi connectivity index (χ2n) is 7.58. The van der Waals surface area contributed by atoms with Gasteiger partial charge in [0.2, 0.25) is 5.91 Å². The van der Waals surface area contributed by atoms with E-state index in [4.69, 9.17) is 9.47 Å². The Morgan fingerprint density at radius 2 is 2.16 bits per heavy atom. The second kappa shape index (κ2) is 9.03. The molecule has 164 valence electrons. The highest BCUT2D eigenvalue weighted by molar-refractivity contribution is 7.07. The molecule has 0 spiro atoms. The molecular formula is C21H24N4O5S. The molecule has 1 fully saturated rings. The van der Waals surface area contributed by atoms with Crippen LogP contribution in [0.5, 0.6) is 5.75 Å². The second-order valence-corrected chi connectivity index (χ2v) is 8.30. The normalized spacial score (nSPS) is 23.0. The summed E-state index contributed by atoms with van der Waals surface area (Å²) < 4.78 is 12.0. The third-order valence-electron chi connectivity index (χ3n) is 5.63. The molecule has 3 amide bonds. The standard InChI is InChI=1S/C21H24N4O5S/c1-22-19(26)8-13-4-5-16-18(30-13)9-29-17-6-3-12(7-14(17)21(28)25(16)2)24-20(27)15-10-31-11-23-15/h3,6-7,10-11,13,16,18H,4-5,8-9H2,1-2H3,(H,22,26)(H,24,27)/t13-,16-,18+/m0/s1. The Morgan fingerprint density at radius 1 is 1.32 bits per heavy atom. The first-order valence-corrected chi connectivity index (χ1v) is 11.0. The van der Waals surface area contributed by atoms with E-state index >= 15 is 0 Å². The SMILES string of the molecule is CNC(=O)C[C@@H]1CC[C@H]2[C@@H](COc3ccc(NC(=O)c4cscn4)cc3C(=O)N2C)O1. The zero-order valence-corrected chi connectivity index (χ0v) is 18.1. The van der Waals surface area contributed by atoms with Gasteiger partial charge in [-0.15, -0.1) is 11.3 Å². The predicted octanol–water partition coefficient (Wildman–Crippen LogP) is 1.91. The summed E-state index contributed by atoms with van der Waals surface area (Å²) in [5.41, 5.74) is 2.78. The van der Waals surface area contributed by atoms with Gasteiger partial charge in [-0.3, -0.25) is 14.4 Å². The Hall–Kier alpha value is -2.98. The van der Waals surface area contributed by atoms with Crippen molar-refractivity contribution in [2.24, 2.45) is 0 Å². The molecule has 2 N–H and O–H groups in total. The van der Waals surface area contributed by atoms with Gasteiger partial charge in [0.1, 0.15) is 24.2 Å². The molecule has 0 radical (unpaired) electrons. The molecule has 0 saturated carbocycles. The maximum absolute atomic E-state index is 13.2. The van der Waals surface area contributed by atoms with E-state index in [2.05, 4.69) is 15.6 Å². The molecule has 1 saturated heterocycles. The summed E-state index contributed by atoms with van der Waals surface area (Å²) in [4.78, 5) is 42.9. The maximum Gasteiger partial charge on any atom is 0.275 e. The molecule has 0 unspecified atom stereocenters. The number of thiazole rings is 1. The fraction of sp³-hybridized carbons (Fsp3) is 0.429. The minimum atomic E-state index is -0.336. The minimum Gasteiger partial charge on any atom is -0.490 e. The number of hydrogen-bond acceptors (Lipinski definition) is 7. The molecule has 1 aromatic carbocycles. The number of ether oxygens (including phenoxy) is 2. The Balaban J connectivity index is 1.52. The van der Waals surface area contributed by atoms with Crippen molar-refractivity contribution in [2.75, 3.05) is 26.0 Å². The van der Waals surface area contributed by atoms with Crippen LogP contribution < -0.4 is 15.4 Å². The fourth-order valence-corrected chi connectivity index (χ4v) is 4.47. The van der Waals surface area contributed by atoms with Crippen molar-refractivity contribution in [3.8, 4) is 5.75 Å². The van der Waals surface area contributed by atoms with Gasteiger partial charge in [0, 0.05) is 25.2 Å². The van der Waals surface area contributed by atoms with Crippen LogP contribution in [0.4, 0.5) is 5.69 Å². The lowest BCUT2D eigenvalue weighted by Gasteiger charge is -2.42. The van der Waals surface area contributed by atoms with Crippen LogP contribution in [-0.2, 0) is 9.53 Å². The van der Waals surface area contributed by atoms with Crippen molar-refractivity contribution >= 4 is 34.7 Å². The number of aromatic nitrogens is 1. The zero-order chi connectivity index (χ0) is 22.0. The van der Waals surface area contributed by atoms with Crippen LogP contribution in [0.3, 0.4) is 0 Å². The first kappa shape index (κ1) is 21.3.